The van der Waals surface area contributed by atoms with Crippen molar-refractivity contribution in [3.63, 3.8) is 0 Å². The van der Waals surface area contributed by atoms with Crippen molar-refractivity contribution in [2.75, 3.05) is 6.61 Å². The number of unbranched alkanes of at least 4 members (excludes halogenated alkanes) is 1. The molecule has 0 fully saturated rings. The highest BCUT2D eigenvalue weighted by atomic mass is 16.5. The van der Waals surface area contributed by atoms with Gasteiger partial charge in [0, 0.05) is 6.04 Å². The zero-order valence-electron chi connectivity index (χ0n) is 12.6. The molecular formula is C18H24N2O. The summed E-state index contributed by atoms with van der Waals surface area (Å²) in [5, 5.41) is 0. The number of ether oxygens (including phenoxy) is 1. The van der Waals surface area contributed by atoms with Gasteiger partial charge in [-0.1, -0.05) is 55.8 Å². The largest absolute Gasteiger partial charge is 0.494 e. The number of hydrogen-bond acceptors (Lipinski definition) is 3. The third kappa shape index (κ3) is 4.88. The molecule has 1 unspecified atom stereocenters. The Morgan fingerprint density at radius 1 is 1.05 bits per heavy atom. The highest BCUT2D eigenvalue weighted by molar-refractivity contribution is 5.30. The fourth-order valence-corrected chi connectivity index (χ4v) is 2.25. The van der Waals surface area contributed by atoms with Crippen molar-refractivity contribution >= 4 is 0 Å². The maximum Gasteiger partial charge on any atom is 0.119 e. The molecule has 0 saturated heterocycles. The Morgan fingerprint density at radius 2 is 1.76 bits per heavy atom. The Hall–Kier alpha value is -1.84. The van der Waals surface area contributed by atoms with Crippen LogP contribution in [0.3, 0.4) is 0 Å². The van der Waals surface area contributed by atoms with Crippen LogP contribution in [0.25, 0.3) is 0 Å². The maximum atomic E-state index is 5.71. The van der Waals surface area contributed by atoms with Gasteiger partial charge in [0.1, 0.15) is 5.75 Å². The van der Waals surface area contributed by atoms with E-state index in [9.17, 15) is 0 Å². The molecule has 0 amide bonds. The monoisotopic (exact) mass is 284 g/mol. The molecule has 0 spiro atoms. The summed E-state index contributed by atoms with van der Waals surface area (Å²) in [7, 11) is 0. The number of nitrogens with two attached hydrogens (primary N) is 1. The molecule has 0 aliphatic rings. The van der Waals surface area contributed by atoms with E-state index < -0.39 is 0 Å². The molecule has 3 nitrogen and oxygen atoms in total. The number of hydrogen-bond donors (Lipinski definition) is 2. The van der Waals surface area contributed by atoms with Gasteiger partial charge in [0.25, 0.3) is 0 Å². The molecule has 3 heteroatoms. The lowest BCUT2D eigenvalue weighted by molar-refractivity contribution is 0.309. The standard InChI is InChI=1S/C18H24N2O/c1-2-3-13-21-17-11-9-16(10-12-17)18(20-19)14-15-7-5-4-6-8-15/h4-12,18,20H,2-3,13-14,19H2,1H3. The van der Waals surface area contributed by atoms with Crippen LogP contribution in [0.4, 0.5) is 0 Å². The van der Waals surface area contributed by atoms with Crippen LogP contribution >= 0.6 is 0 Å². The summed E-state index contributed by atoms with van der Waals surface area (Å²) in [6.45, 7) is 2.94. The van der Waals surface area contributed by atoms with Crippen LogP contribution in [0, 0.1) is 0 Å². The predicted octanol–water partition coefficient (Wildman–Crippen LogP) is 3.61. The quantitative estimate of drug-likeness (QED) is 0.442. The molecule has 2 rings (SSSR count). The van der Waals surface area contributed by atoms with Crippen molar-refractivity contribution in [3.05, 3.63) is 65.7 Å². The van der Waals surface area contributed by atoms with Crippen LogP contribution in [0.2, 0.25) is 0 Å². The van der Waals surface area contributed by atoms with E-state index in [0.717, 1.165) is 31.6 Å². The first-order chi connectivity index (χ1) is 10.3. The summed E-state index contributed by atoms with van der Waals surface area (Å²) in [6, 6.07) is 18.7. The Kier molecular flexibility index (Phi) is 6.25. The fourth-order valence-electron chi connectivity index (χ4n) is 2.25. The van der Waals surface area contributed by atoms with E-state index in [1.807, 2.05) is 30.3 Å². The summed E-state index contributed by atoms with van der Waals surface area (Å²) in [4.78, 5) is 0. The normalized spacial score (nSPS) is 12.1. The lowest BCUT2D eigenvalue weighted by Gasteiger charge is -2.17. The van der Waals surface area contributed by atoms with Crippen LogP contribution < -0.4 is 16.0 Å². The van der Waals surface area contributed by atoms with E-state index in [-0.39, 0.29) is 6.04 Å². The molecule has 0 aromatic heterocycles. The highest BCUT2D eigenvalue weighted by Crippen LogP contribution is 2.21. The molecule has 0 bridgehead atoms. The number of hydrazine groups is 1. The van der Waals surface area contributed by atoms with Gasteiger partial charge in [-0.25, -0.2) is 0 Å². The van der Waals surface area contributed by atoms with Gasteiger partial charge < -0.3 is 4.74 Å². The zero-order chi connectivity index (χ0) is 14.9. The lowest BCUT2D eigenvalue weighted by Crippen LogP contribution is -2.29. The third-order valence-corrected chi connectivity index (χ3v) is 3.53. The minimum atomic E-state index is 0.108. The van der Waals surface area contributed by atoms with Crippen molar-refractivity contribution < 1.29 is 4.74 Å². The van der Waals surface area contributed by atoms with Crippen LogP contribution in [0.1, 0.15) is 36.9 Å². The molecule has 0 radical (unpaired) electrons. The van der Waals surface area contributed by atoms with E-state index in [1.165, 1.54) is 11.1 Å². The minimum absolute atomic E-state index is 0.108. The van der Waals surface area contributed by atoms with E-state index in [4.69, 9.17) is 10.6 Å². The van der Waals surface area contributed by atoms with Crippen LogP contribution in [0.15, 0.2) is 54.6 Å². The summed E-state index contributed by atoms with van der Waals surface area (Å²) in [5.74, 6) is 6.63. The summed E-state index contributed by atoms with van der Waals surface area (Å²) in [6.07, 6.45) is 3.10. The molecule has 2 aromatic rings. The first-order valence-corrected chi connectivity index (χ1v) is 7.56. The molecule has 0 saturated carbocycles. The number of rotatable bonds is 8. The van der Waals surface area contributed by atoms with Crippen LogP contribution in [-0.4, -0.2) is 6.61 Å². The van der Waals surface area contributed by atoms with Crippen molar-refractivity contribution in [3.8, 4) is 5.75 Å². The van der Waals surface area contributed by atoms with Crippen molar-refractivity contribution in [2.24, 2.45) is 5.84 Å². The molecule has 3 N–H and O–H groups in total. The highest BCUT2D eigenvalue weighted by Gasteiger charge is 2.10. The molecule has 1 atom stereocenters. The van der Waals surface area contributed by atoms with E-state index >= 15 is 0 Å². The van der Waals surface area contributed by atoms with Crippen molar-refractivity contribution in [1.82, 2.24) is 5.43 Å². The molecule has 2 aromatic carbocycles. The van der Waals surface area contributed by atoms with E-state index in [1.54, 1.807) is 0 Å². The van der Waals surface area contributed by atoms with Gasteiger partial charge in [-0.2, -0.15) is 0 Å². The molecule has 112 valence electrons. The molecule has 21 heavy (non-hydrogen) atoms. The minimum Gasteiger partial charge on any atom is -0.494 e. The van der Waals surface area contributed by atoms with Gasteiger partial charge in [0.15, 0.2) is 0 Å². The first kappa shape index (κ1) is 15.5. The Balaban J connectivity index is 1.98. The molecule has 0 heterocycles. The van der Waals surface area contributed by atoms with Gasteiger partial charge in [-0.15, -0.1) is 0 Å². The van der Waals surface area contributed by atoms with E-state index in [0.29, 0.717) is 0 Å². The SMILES string of the molecule is CCCCOc1ccc(C(Cc2ccccc2)NN)cc1. The number of benzene rings is 2. The van der Waals surface area contributed by atoms with E-state index in [2.05, 4.69) is 36.6 Å². The average Bonchev–Trinajstić information content (AvgIpc) is 2.55. The third-order valence-electron chi connectivity index (χ3n) is 3.53. The van der Waals surface area contributed by atoms with Gasteiger partial charge in [0.2, 0.25) is 0 Å². The Morgan fingerprint density at radius 3 is 2.38 bits per heavy atom. The van der Waals surface area contributed by atoms with Gasteiger partial charge in [0.05, 0.1) is 6.61 Å². The van der Waals surface area contributed by atoms with Crippen LogP contribution in [0.5, 0.6) is 5.75 Å². The molecule has 0 aliphatic heterocycles. The van der Waals surface area contributed by atoms with Crippen molar-refractivity contribution in [2.45, 2.75) is 32.2 Å². The first-order valence-electron chi connectivity index (χ1n) is 7.56. The second-order valence-electron chi connectivity index (χ2n) is 5.18. The molecule has 0 aliphatic carbocycles. The topological polar surface area (TPSA) is 47.3 Å². The summed E-state index contributed by atoms with van der Waals surface area (Å²) >= 11 is 0. The van der Waals surface area contributed by atoms with Crippen LogP contribution in [-0.2, 0) is 6.42 Å². The van der Waals surface area contributed by atoms with Crippen molar-refractivity contribution in [1.29, 1.82) is 0 Å². The zero-order valence-corrected chi connectivity index (χ0v) is 12.6. The van der Waals surface area contributed by atoms with Gasteiger partial charge in [-0.05, 0) is 36.1 Å². The summed E-state index contributed by atoms with van der Waals surface area (Å²) < 4.78 is 5.68. The Labute approximate surface area is 127 Å². The summed E-state index contributed by atoms with van der Waals surface area (Å²) in [5.41, 5.74) is 5.34. The molecular weight excluding hydrogens is 260 g/mol. The maximum absolute atomic E-state index is 5.71. The fraction of sp³-hybridized carbons (Fsp3) is 0.333. The Bertz CT molecular complexity index is 511. The second kappa shape index (κ2) is 8.45. The lowest BCUT2D eigenvalue weighted by atomic mass is 9.99. The van der Waals surface area contributed by atoms with Gasteiger partial charge >= 0.3 is 0 Å². The number of nitrogens with one attached hydrogen (secondary N) is 1. The van der Waals surface area contributed by atoms with Gasteiger partial charge in [-0.3, -0.25) is 11.3 Å². The second-order valence-corrected chi connectivity index (χ2v) is 5.18. The average molecular weight is 284 g/mol. The predicted molar refractivity (Wildman–Crippen MR) is 87.1 cm³/mol. The smallest absolute Gasteiger partial charge is 0.119 e.